The molecule has 5 heteroatoms. The minimum Gasteiger partial charge on any atom is -0.495 e. The standard InChI is InChI=1S/C16H22N2O3/c1-15(2)13-10(8-9-21-13)16(15,17)14(19)18-11-6-4-5-7-12(11)20-3/h4-7,10,13H,8-9,17H2,1-3H3,(H,18,19). The highest BCUT2D eigenvalue weighted by Crippen LogP contribution is 2.58. The maximum absolute atomic E-state index is 12.8. The third-order valence-electron chi connectivity index (χ3n) is 5.18. The third-order valence-corrected chi connectivity index (χ3v) is 5.18. The number of methoxy groups -OCH3 is 1. The van der Waals surface area contributed by atoms with E-state index in [9.17, 15) is 4.79 Å². The number of fused-ring (bicyclic) bond motifs is 1. The zero-order chi connectivity index (χ0) is 15.3. The SMILES string of the molecule is COc1ccccc1NC(=O)C1(N)C2CCOC2C1(C)C. The topological polar surface area (TPSA) is 73.6 Å². The highest BCUT2D eigenvalue weighted by atomic mass is 16.5. The molecule has 3 N–H and O–H groups in total. The summed E-state index contributed by atoms with van der Waals surface area (Å²) in [7, 11) is 1.58. The lowest BCUT2D eigenvalue weighted by Gasteiger charge is -2.60. The van der Waals surface area contributed by atoms with E-state index >= 15 is 0 Å². The van der Waals surface area contributed by atoms with Gasteiger partial charge in [0.25, 0.3) is 0 Å². The van der Waals surface area contributed by atoms with Crippen molar-refractivity contribution in [1.29, 1.82) is 0 Å². The Hall–Kier alpha value is -1.59. The van der Waals surface area contributed by atoms with Gasteiger partial charge in [0.2, 0.25) is 5.91 Å². The predicted molar refractivity (Wildman–Crippen MR) is 80.2 cm³/mol. The van der Waals surface area contributed by atoms with E-state index in [0.717, 1.165) is 6.42 Å². The van der Waals surface area contributed by atoms with Crippen LogP contribution in [0.3, 0.4) is 0 Å². The molecule has 3 unspecified atom stereocenters. The summed E-state index contributed by atoms with van der Waals surface area (Å²) < 4.78 is 11.0. The van der Waals surface area contributed by atoms with Crippen LogP contribution in [0.5, 0.6) is 5.75 Å². The maximum atomic E-state index is 12.8. The Labute approximate surface area is 124 Å². The molecule has 2 aliphatic rings. The van der Waals surface area contributed by atoms with Crippen molar-refractivity contribution in [3.63, 3.8) is 0 Å². The lowest BCUT2D eigenvalue weighted by atomic mass is 9.48. The van der Waals surface area contributed by atoms with E-state index in [1.54, 1.807) is 7.11 Å². The van der Waals surface area contributed by atoms with Gasteiger partial charge in [-0.05, 0) is 18.6 Å². The number of anilines is 1. The second-order valence-electron chi connectivity index (χ2n) is 6.43. The summed E-state index contributed by atoms with van der Waals surface area (Å²) in [6, 6.07) is 7.34. The molecule has 1 heterocycles. The first kappa shape index (κ1) is 14.4. The van der Waals surface area contributed by atoms with E-state index in [2.05, 4.69) is 5.32 Å². The van der Waals surface area contributed by atoms with Crippen LogP contribution < -0.4 is 15.8 Å². The van der Waals surface area contributed by atoms with E-state index in [4.69, 9.17) is 15.2 Å². The molecule has 5 nitrogen and oxygen atoms in total. The fourth-order valence-electron chi connectivity index (χ4n) is 3.82. The number of rotatable bonds is 3. The Morgan fingerprint density at radius 2 is 2.14 bits per heavy atom. The van der Waals surface area contributed by atoms with Crippen LogP contribution >= 0.6 is 0 Å². The van der Waals surface area contributed by atoms with Gasteiger partial charge in [-0.15, -0.1) is 0 Å². The van der Waals surface area contributed by atoms with Gasteiger partial charge in [0.05, 0.1) is 18.9 Å². The smallest absolute Gasteiger partial charge is 0.245 e. The Kier molecular flexibility index (Phi) is 3.22. The van der Waals surface area contributed by atoms with Crippen molar-refractivity contribution in [2.24, 2.45) is 17.1 Å². The molecular weight excluding hydrogens is 268 g/mol. The van der Waals surface area contributed by atoms with Crippen molar-refractivity contribution in [2.45, 2.75) is 31.9 Å². The molecule has 1 saturated carbocycles. The molecule has 3 atom stereocenters. The van der Waals surface area contributed by atoms with E-state index in [1.807, 2.05) is 38.1 Å². The first-order valence-electron chi connectivity index (χ1n) is 7.28. The predicted octanol–water partition coefficient (Wildman–Crippen LogP) is 1.78. The number of nitrogens with one attached hydrogen (secondary N) is 1. The highest BCUT2D eigenvalue weighted by molar-refractivity contribution is 6.01. The molecule has 0 radical (unpaired) electrons. The van der Waals surface area contributed by atoms with Crippen molar-refractivity contribution < 1.29 is 14.3 Å². The monoisotopic (exact) mass is 290 g/mol. The number of para-hydroxylation sites is 2. The van der Waals surface area contributed by atoms with Crippen molar-refractivity contribution in [3.8, 4) is 5.75 Å². The zero-order valence-electron chi connectivity index (χ0n) is 12.7. The van der Waals surface area contributed by atoms with Crippen LogP contribution in [0.25, 0.3) is 0 Å². The molecule has 1 saturated heterocycles. The molecule has 1 aromatic carbocycles. The first-order chi connectivity index (χ1) is 9.92. The molecule has 1 aliphatic heterocycles. The average Bonchev–Trinajstić information content (AvgIpc) is 2.95. The lowest BCUT2D eigenvalue weighted by Crippen LogP contribution is -2.79. The fraction of sp³-hybridized carbons (Fsp3) is 0.562. The Morgan fingerprint density at radius 3 is 2.86 bits per heavy atom. The lowest BCUT2D eigenvalue weighted by molar-refractivity contribution is -0.170. The highest BCUT2D eigenvalue weighted by Gasteiger charge is 2.71. The van der Waals surface area contributed by atoms with Crippen LogP contribution in [-0.4, -0.2) is 31.3 Å². The summed E-state index contributed by atoms with van der Waals surface area (Å²) in [6.45, 7) is 4.68. The average molecular weight is 290 g/mol. The molecule has 1 aliphatic carbocycles. The maximum Gasteiger partial charge on any atom is 0.245 e. The summed E-state index contributed by atoms with van der Waals surface area (Å²) in [5, 5.41) is 2.93. The van der Waals surface area contributed by atoms with E-state index in [0.29, 0.717) is 18.0 Å². The summed E-state index contributed by atoms with van der Waals surface area (Å²) in [6.07, 6.45) is 0.912. The minimum absolute atomic E-state index is 0.0749. The summed E-state index contributed by atoms with van der Waals surface area (Å²) in [5.74, 6) is 0.553. The molecule has 114 valence electrons. The van der Waals surface area contributed by atoms with Crippen molar-refractivity contribution in [3.05, 3.63) is 24.3 Å². The second-order valence-corrected chi connectivity index (χ2v) is 6.43. The number of amides is 1. The van der Waals surface area contributed by atoms with Crippen molar-refractivity contribution >= 4 is 11.6 Å². The molecule has 0 spiro atoms. The Balaban J connectivity index is 1.85. The van der Waals surface area contributed by atoms with Gasteiger partial charge in [0.15, 0.2) is 0 Å². The molecule has 0 aromatic heterocycles. The zero-order valence-corrected chi connectivity index (χ0v) is 12.7. The van der Waals surface area contributed by atoms with Gasteiger partial charge in [0, 0.05) is 17.9 Å². The number of ether oxygens (including phenoxy) is 2. The van der Waals surface area contributed by atoms with Crippen LogP contribution in [0.4, 0.5) is 5.69 Å². The third kappa shape index (κ3) is 1.80. The van der Waals surface area contributed by atoms with Gasteiger partial charge in [-0.3, -0.25) is 4.79 Å². The fourth-order valence-corrected chi connectivity index (χ4v) is 3.82. The van der Waals surface area contributed by atoms with Crippen LogP contribution in [0.1, 0.15) is 20.3 Å². The summed E-state index contributed by atoms with van der Waals surface area (Å²) in [5.41, 5.74) is 5.88. The quantitative estimate of drug-likeness (QED) is 0.890. The minimum atomic E-state index is -0.908. The van der Waals surface area contributed by atoms with Crippen molar-refractivity contribution in [2.75, 3.05) is 19.0 Å². The van der Waals surface area contributed by atoms with Gasteiger partial charge in [0.1, 0.15) is 11.3 Å². The Bertz CT molecular complexity index is 572. The van der Waals surface area contributed by atoms with Gasteiger partial charge in [-0.25, -0.2) is 0 Å². The van der Waals surface area contributed by atoms with Gasteiger partial charge >= 0.3 is 0 Å². The summed E-state index contributed by atoms with van der Waals surface area (Å²) >= 11 is 0. The van der Waals surface area contributed by atoms with Gasteiger partial charge in [-0.2, -0.15) is 0 Å². The molecule has 0 bridgehead atoms. The van der Waals surface area contributed by atoms with Crippen LogP contribution in [0, 0.1) is 11.3 Å². The van der Waals surface area contributed by atoms with E-state index < -0.39 is 5.54 Å². The molecule has 3 rings (SSSR count). The molecule has 21 heavy (non-hydrogen) atoms. The van der Waals surface area contributed by atoms with Crippen LogP contribution in [-0.2, 0) is 9.53 Å². The number of nitrogens with two attached hydrogens (primary N) is 1. The number of benzene rings is 1. The van der Waals surface area contributed by atoms with Crippen LogP contribution in [0.2, 0.25) is 0 Å². The number of hydrogen-bond donors (Lipinski definition) is 2. The normalized spacial score (nSPS) is 33.0. The number of carbonyl (C=O) groups is 1. The first-order valence-corrected chi connectivity index (χ1v) is 7.28. The molecule has 2 fully saturated rings. The van der Waals surface area contributed by atoms with Crippen molar-refractivity contribution in [1.82, 2.24) is 0 Å². The number of hydrogen-bond acceptors (Lipinski definition) is 4. The Morgan fingerprint density at radius 1 is 1.43 bits per heavy atom. The van der Waals surface area contributed by atoms with E-state index in [1.165, 1.54) is 0 Å². The number of carbonyl (C=O) groups excluding carboxylic acids is 1. The molecule has 1 aromatic rings. The van der Waals surface area contributed by atoms with E-state index in [-0.39, 0.29) is 23.3 Å². The van der Waals surface area contributed by atoms with Gasteiger partial charge < -0.3 is 20.5 Å². The molecular formula is C16H22N2O3. The van der Waals surface area contributed by atoms with Crippen LogP contribution in [0.15, 0.2) is 24.3 Å². The second kappa shape index (κ2) is 4.71. The molecule has 1 amide bonds. The van der Waals surface area contributed by atoms with Gasteiger partial charge in [-0.1, -0.05) is 26.0 Å². The summed E-state index contributed by atoms with van der Waals surface area (Å²) in [4.78, 5) is 12.8. The largest absolute Gasteiger partial charge is 0.495 e.